The van der Waals surface area contributed by atoms with Crippen molar-refractivity contribution in [1.82, 2.24) is 4.98 Å². The number of aryl methyl sites for hydroxylation is 2. The number of sulfone groups is 1. The fourth-order valence-electron chi connectivity index (χ4n) is 2.31. The van der Waals surface area contributed by atoms with Crippen LogP contribution in [0.15, 0.2) is 47.4 Å². The van der Waals surface area contributed by atoms with Crippen LogP contribution in [0.5, 0.6) is 0 Å². The van der Waals surface area contributed by atoms with Crippen LogP contribution < -0.4 is 5.32 Å². The summed E-state index contributed by atoms with van der Waals surface area (Å²) in [5, 5.41) is 2.98. The number of nitrogens with zero attached hydrogens (tertiary/aromatic N) is 1. The van der Waals surface area contributed by atoms with E-state index in [9.17, 15) is 13.2 Å². The second-order valence-electron chi connectivity index (χ2n) is 5.61. The summed E-state index contributed by atoms with van der Waals surface area (Å²) in [4.78, 5) is 16.6. The van der Waals surface area contributed by atoms with E-state index in [0.717, 1.165) is 21.3 Å². The van der Waals surface area contributed by atoms with Gasteiger partial charge in [0.05, 0.1) is 15.1 Å². The van der Waals surface area contributed by atoms with E-state index in [4.69, 9.17) is 0 Å². The first-order chi connectivity index (χ1) is 11.3. The molecular weight excluding hydrogens is 344 g/mol. The number of carbonyl (C=O) groups excluding carboxylic acids is 1. The average molecular weight is 360 g/mol. The summed E-state index contributed by atoms with van der Waals surface area (Å²) in [5.74, 6) is -1.20. The number of nitrogens with one attached hydrogen (secondary N) is 1. The van der Waals surface area contributed by atoms with Crippen LogP contribution in [0.3, 0.4) is 0 Å². The number of aromatic nitrogens is 1. The molecule has 0 spiro atoms. The lowest BCUT2D eigenvalue weighted by molar-refractivity contribution is -0.113. The average Bonchev–Trinajstić information content (AvgIpc) is 2.87. The molecule has 0 bridgehead atoms. The number of fused-ring (bicyclic) bond motifs is 1. The molecule has 0 aliphatic rings. The fourth-order valence-corrected chi connectivity index (χ4v) is 4.52. The second-order valence-corrected chi connectivity index (χ2v) is 8.63. The molecule has 1 heterocycles. The first kappa shape index (κ1) is 16.6. The van der Waals surface area contributed by atoms with Gasteiger partial charge in [-0.25, -0.2) is 13.4 Å². The molecule has 7 heteroatoms. The molecule has 3 rings (SSSR count). The molecule has 0 aliphatic carbocycles. The van der Waals surface area contributed by atoms with E-state index >= 15 is 0 Å². The van der Waals surface area contributed by atoms with Crippen molar-refractivity contribution in [3.63, 3.8) is 0 Å². The first-order valence-corrected chi connectivity index (χ1v) is 9.77. The molecule has 1 amide bonds. The van der Waals surface area contributed by atoms with Gasteiger partial charge in [0.2, 0.25) is 5.91 Å². The zero-order chi connectivity index (χ0) is 17.3. The van der Waals surface area contributed by atoms with Crippen LogP contribution >= 0.6 is 11.3 Å². The number of hydrogen-bond acceptors (Lipinski definition) is 5. The van der Waals surface area contributed by atoms with Crippen LogP contribution in [0.4, 0.5) is 5.13 Å². The lowest BCUT2D eigenvalue weighted by atomic mass is 10.2. The van der Waals surface area contributed by atoms with Crippen molar-refractivity contribution in [3.05, 3.63) is 53.6 Å². The monoisotopic (exact) mass is 360 g/mol. The van der Waals surface area contributed by atoms with E-state index in [1.807, 2.05) is 38.1 Å². The maximum atomic E-state index is 12.3. The highest BCUT2D eigenvalue weighted by atomic mass is 32.2. The standard InChI is InChI=1S/C17H16N2O3S2/c1-11-4-3-5-13(8-11)24(21,22)10-16(20)19-17-18-14-7-6-12(2)9-15(14)23-17/h3-9H,10H2,1-2H3,(H,18,19,20). The highest BCUT2D eigenvalue weighted by Crippen LogP contribution is 2.26. The summed E-state index contributed by atoms with van der Waals surface area (Å²) in [5.41, 5.74) is 2.71. The zero-order valence-electron chi connectivity index (χ0n) is 13.2. The van der Waals surface area contributed by atoms with E-state index in [2.05, 4.69) is 10.3 Å². The predicted octanol–water partition coefficient (Wildman–Crippen LogP) is 3.33. The van der Waals surface area contributed by atoms with Gasteiger partial charge in [0.25, 0.3) is 0 Å². The lowest BCUT2D eigenvalue weighted by Gasteiger charge is -2.05. The van der Waals surface area contributed by atoms with Gasteiger partial charge in [-0.15, -0.1) is 0 Å². The Balaban J connectivity index is 1.76. The van der Waals surface area contributed by atoms with Crippen molar-refractivity contribution < 1.29 is 13.2 Å². The zero-order valence-corrected chi connectivity index (χ0v) is 14.9. The number of benzene rings is 2. The minimum Gasteiger partial charge on any atom is -0.301 e. The molecule has 0 saturated carbocycles. The van der Waals surface area contributed by atoms with Crippen molar-refractivity contribution in [2.24, 2.45) is 0 Å². The number of carbonyl (C=O) groups is 1. The molecule has 0 unspecified atom stereocenters. The minimum absolute atomic E-state index is 0.151. The molecule has 24 heavy (non-hydrogen) atoms. The molecule has 1 aromatic heterocycles. The Hall–Kier alpha value is -2.25. The van der Waals surface area contributed by atoms with E-state index in [1.165, 1.54) is 17.4 Å². The Morgan fingerprint density at radius 2 is 1.88 bits per heavy atom. The molecule has 2 aromatic carbocycles. The van der Waals surface area contributed by atoms with Gasteiger partial charge in [0.1, 0.15) is 5.75 Å². The Kier molecular flexibility index (Phi) is 4.38. The van der Waals surface area contributed by atoms with E-state index in [-0.39, 0.29) is 4.90 Å². The van der Waals surface area contributed by atoms with Gasteiger partial charge in [0, 0.05) is 0 Å². The molecule has 0 saturated heterocycles. The van der Waals surface area contributed by atoms with Crippen LogP contribution in [0.25, 0.3) is 10.2 Å². The minimum atomic E-state index is -3.67. The third-order valence-corrected chi connectivity index (χ3v) is 6.01. The number of thiazole rings is 1. The summed E-state index contributed by atoms with van der Waals surface area (Å²) < 4.78 is 25.6. The van der Waals surface area contributed by atoms with Crippen molar-refractivity contribution in [1.29, 1.82) is 0 Å². The molecule has 0 atom stereocenters. The molecule has 3 aromatic rings. The quantitative estimate of drug-likeness (QED) is 0.774. The molecule has 0 radical (unpaired) electrons. The molecule has 0 aliphatic heterocycles. The summed E-state index contributed by atoms with van der Waals surface area (Å²) in [6, 6.07) is 12.3. The predicted molar refractivity (Wildman–Crippen MR) is 96.2 cm³/mol. The lowest BCUT2D eigenvalue weighted by Crippen LogP contribution is -2.23. The van der Waals surface area contributed by atoms with Crippen LogP contribution in [0, 0.1) is 13.8 Å². The van der Waals surface area contributed by atoms with E-state index in [0.29, 0.717) is 5.13 Å². The van der Waals surface area contributed by atoms with Crippen LogP contribution in [-0.2, 0) is 14.6 Å². The Morgan fingerprint density at radius 1 is 1.12 bits per heavy atom. The smallest absolute Gasteiger partial charge is 0.241 e. The largest absolute Gasteiger partial charge is 0.301 e. The maximum Gasteiger partial charge on any atom is 0.241 e. The van der Waals surface area contributed by atoms with Gasteiger partial charge in [-0.1, -0.05) is 29.5 Å². The normalized spacial score (nSPS) is 11.6. The fraction of sp³-hybridized carbons (Fsp3) is 0.176. The van der Waals surface area contributed by atoms with E-state index in [1.54, 1.807) is 12.1 Å². The van der Waals surface area contributed by atoms with Gasteiger partial charge < -0.3 is 5.32 Å². The van der Waals surface area contributed by atoms with Gasteiger partial charge >= 0.3 is 0 Å². The molecule has 0 fully saturated rings. The SMILES string of the molecule is Cc1cccc(S(=O)(=O)CC(=O)Nc2nc3ccc(C)cc3s2)c1. The van der Waals surface area contributed by atoms with Crippen LogP contribution in [0.2, 0.25) is 0 Å². The molecule has 124 valence electrons. The summed E-state index contributed by atoms with van der Waals surface area (Å²) in [7, 11) is -3.67. The van der Waals surface area contributed by atoms with Crippen LogP contribution in [0.1, 0.15) is 11.1 Å². The third-order valence-electron chi connectivity index (χ3n) is 3.46. The van der Waals surface area contributed by atoms with E-state index < -0.39 is 21.5 Å². The maximum absolute atomic E-state index is 12.3. The number of rotatable bonds is 4. The Morgan fingerprint density at radius 3 is 2.62 bits per heavy atom. The molecular formula is C17H16N2O3S2. The second kappa shape index (κ2) is 6.33. The topological polar surface area (TPSA) is 76.1 Å². The Labute approximate surface area is 144 Å². The number of anilines is 1. The van der Waals surface area contributed by atoms with Gasteiger partial charge in [0.15, 0.2) is 15.0 Å². The van der Waals surface area contributed by atoms with Crippen molar-refractivity contribution >= 4 is 42.4 Å². The third kappa shape index (κ3) is 3.63. The van der Waals surface area contributed by atoms with Gasteiger partial charge in [-0.2, -0.15) is 0 Å². The summed E-state index contributed by atoms with van der Waals surface area (Å²) in [6.45, 7) is 3.79. The highest BCUT2D eigenvalue weighted by Gasteiger charge is 2.20. The Bertz CT molecular complexity index is 1020. The molecule has 1 N–H and O–H groups in total. The number of hydrogen-bond donors (Lipinski definition) is 1. The summed E-state index contributed by atoms with van der Waals surface area (Å²) in [6.07, 6.45) is 0. The summed E-state index contributed by atoms with van der Waals surface area (Å²) >= 11 is 1.33. The van der Waals surface area contributed by atoms with Gasteiger partial charge in [-0.3, -0.25) is 4.79 Å². The molecule has 5 nitrogen and oxygen atoms in total. The number of amides is 1. The van der Waals surface area contributed by atoms with Crippen molar-refractivity contribution in [2.75, 3.05) is 11.1 Å². The highest BCUT2D eigenvalue weighted by molar-refractivity contribution is 7.92. The van der Waals surface area contributed by atoms with Crippen LogP contribution in [-0.4, -0.2) is 25.1 Å². The van der Waals surface area contributed by atoms with Gasteiger partial charge in [-0.05, 0) is 49.2 Å². The first-order valence-electron chi connectivity index (χ1n) is 7.30. The van der Waals surface area contributed by atoms with Crippen molar-refractivity contribution in [2.45, 2.75) is 18.7 Å². The van der Waals surface area contributed by atoms with Crippen molar-refractivity contribution in [3.8, 4) is 0 Å².